The summed E-state index contributed by atoms with van der Waals surface area (Å²) in [5.74, 6) is 0.319. The summed E-state index contributed by atoms with van der Waals surface area (Å²) in [7, 11) is 0. The summed E-state index contributed by atoms with van der Waals surface area (Å²) in [4.78, 5) is 11.5. The minimum absolute atomic E-state index is 0.0134. The van der Waals surface area contributed by atoms with Gasteiger partial charge in [0.15, 0.2) is 0 Å². The second-order valence-corrected chi connectivity index (χ2v) is 11.1. The van der Waals surface area contributed by atoms with Crippen molar-refractivity contribution >= 4 is 5.97 Å². The maximum absolute atomic E-state index is 11.5. The number of hydrogen-bond donors (Lipinski definition) is 2. The average molecular weight is 379 g/mol. The van der Waals surface area contributed by atoms with Crippen LogP contribution in [-0.2, 0) is 14.3 Å². The molecule has 1 saturated heterocycles. The molecule has 10 atom stereocenters. The van der Waals surface area contributed by atoms with E-state index in [0.29, 0.717) is 13.0 Å². The van der Waals surface area contributed by atoms with E-state index in [1.807, 2.05) is 0 Å². The van der Waals surface area contributed by atoms with Gasteiger partial charge in [0.25, 0.3) is 0 Å². The molecular weight excluding hydrogens is 344 g/mol. The normalized spacial score (nSPS) is 60.8. The van der Waals surface area contributed by atoms with E-state index in [0.717, 1.165) is 32.1 Å². The molecule has 5 nitrogen and oxygen atoms in total. The van der Waals surface area contributed by atoms with Gasteiger partial charge in [0.05, 0.1) is 36.4 Å². The summed E-state index contributed by atoms with van der Waals surface area (Å²) < 4.78 is 11.6. The van der Waals surface area contributed by atoms with Gasteiger partial charge in [0.2, 0.25) is 0 Å². The van der Waals surface area contributed by atoms with E-state index in [1.54, 1.807) is 0 Å². The first-order chi connectivity index (χ1) is 12.6. The zero-order valence-corrected chi connectivity index (χ0v) is 17.0. The van der Waals surface area contributed by atoms with E-state index in [2.05, 4.69) is 20.8 Å². The number of rotatable bonds is 2. The third-order valence-electron chi connectivity index (χ3n) is 9.85. The number of fused-ring (bicyclic) bond motifs is 5. The van der Waals surface area contributed by atoms with Gasteiger partial charge in [-0.2, -0.15) is 0 Å². The highest BCUT2D eigenvalue weighted by Crippen LogP contribution is 2.77. The molecule has 1 aliphatic heterocycles. The SMILES string of the molecule is CC(=O)OC[C@@]1(C)CCC[C@]2(C)[C@@H]1C[C@@H](O)[C@]13C(O)[C@](C)(CC[C@@H]21)[C@H]1O[C@H]13. The lowest BCUT2D eigenvalue weighted by Crippen LogP contribution is -2.69. The molecule has 5 aliphatic rings. The van der Waals surface area contributed by atoms with Gasteiger partial charge in [-0.3, -0.25) is 4.79 Å². The molecule has 2 N–H and O–H groups in total. The van der Waals surface area contributed by atoms with Gasteiger partial charge in [0, 0.05) is 17.8 Å². The smallest absolute Gasteiger partial charge is 0.302 e. The van der Waals surface area contributed by atoms with Crippen molar-refractivity contribution in [1.82, 2.24) is 0 Å². The first-order valence-electron chi connectivity index (χ1n) is 10.8. The molecule has 0 amide bonds. The largest absolute Gasteiger partial charge is 0.465 e. The number of aliphatic hydroxyl groups is 2. The van der Waals surface area contributed by atoms with Crippen molar-refractivity contribution in [2.45, 2.75) is 90.6 Å². The van der Waals surface area contributed by atoms with Crippen LogP contribution in [0.15, 0.2) is 0 Å². The van der Waals surface area contributed by atoms with E-state index in [1.165, 1.54) is 6.92 Å². The fraction of sp³-hybridized carbons (Fsp3) is 0.955. The van der Waals surface area contributed by atoms with Crippen molar-refractivity contribution in [3.05, 3.63) is 0 Å². The molecule has 0 radical (unpaired) electrons. The van der Waals surface area contributed by atoms with Gasteiger partial charge in [-0.15, -0.1) is 0 Å². The minimum Gasteiger partial charge on any atom is -0.465 e. The molecule has 0 aromatic heterocycles. The van der Waals surface area contributed by atoms with Crippen LogP contribution in [-0.4, -0.2) is 47.2 Å². The van der Waals surface area contributed by atoms with Crippen LogP contribution in [0, 0.1) is 33.5 Å². The monoisotopic (exact) mass is 378 g/mol. The summed E-state index contributed by atoms with van der Waals surface area (Å²) in [6.07, 6.45) is 5.03. The lowest BCUT2D eigenvalue weighted by atomic mass is 9.39. The highest BCUT2D eigenvalue weighted by molar-refractivity contribution is 5.65. The standard InChI is InChI=1S/C22H34O5/c1-12(23)26-11-19(2)7-5-8-20(3)13-6-9-21(4)16-17(27-16)22(13,18(21)25)15(24)10-14(19)20/h13-18,24-25H,5-11H2,1-4H3/t13-,14+,15+,16-,17+,18?,19+,20-,21+,22+/m0/s1. The Balaban J connectivity index is 1.55. The quantitative estimate of drug-likeness (QED) is 0.570. The molecule has 4 saturated carbocycles. The summed E-state index contributed by atoms with van der Waals surface area (Å²) in [5, 5.41) is 22.9. The summed E-state index contributed by atoms with van der Waals surface area (Å²) in [6, 6.07) is 0. The Morgan fingerprint density at radius 1 is 1.07 bits per heavy atom. The Kier molecular flexibility index (Phi) is 3.60. The lowest BCUT2D eigenvalue weighted by Gasteiger charge is -2.67. The second kappa shape index (κ2) is 5.28. The van der Waals surface area contributed by atoms with Crippen LogP contribution in [0.5, 0.6) is 0 Å². The van der Waals surface area contributed by atoms with Crippen LogP contribution in [0.3, 0.4) is 0 Å². The molecule has 2 bridgehead atoms. The van der Waals surface area contributed by atoms with Crippen molar-refractivity contribution in [2.24, 2.45) is 33.5 Å². The van der Waals surface area contributed by atoms with Crippen molar-refractivity contribution < 1.29 is 24.5 Å². The Labute approximate surface area is 161 Å². The Hall–Kier alpha value is -0.650. The minimum atomic E-state index is -0.553. The molecule has 1 spiro atoms. The van der Waals surface area contributed by atoms with Crippen molar-refractivity contribution in [3.8, 4) is 0 Å². The molecule has 27 heavy (non-hydrogen) atoms. The fourth-order valence-electron chi connectivity index (χ4n) is 8.61. The molecule has 4 aliphatic carbocycles. The molecule has 0 aromatic carbocycles. The number of hydrogen-bond acceptors (Lipinski definition) is 5. The molecule has 5 rings (SSSR count). The number of carbonyl (C=O) groups excluding carboxylic acids is 1. The molecule has 5 fully saturated rings. The molecular formula is C22H34O5. The van der Waals surface area contributed by atoms with Gasteiger partial charge in [0.1, 0.15) is 0 Å². The maximum Gasteiger partial charge on any atom is 0.302 e. The number of ether oxygens (including phenoxy) is 2. The number of epoxide rings is 1. The predicted octanol–water partition coefficient (Wildman–Crippen LogP) is 2.67. The first-order valence-corrected chi connectivity index (χ1v) is 10.8. The zero-order valence-electron chi connectivity index (χ0n) is 17.0. The van der Waals surface area contributed by atoms with Gasteiger partial charge in [-0.25, -0.2) is 0 Å². The average Bonchev–Trinajstić information content (AvgIpc) is 3.37. The van der Waals surface area contributed by atoms with E-state index < -0.39 is 17.6 Å². The van der Waals surface area contributed by atoms with E-state index >= 15 is 0 Å². The molecule has 5 heteroatoms. The Morgan fingerprint density at radius 2 is 1.81 bits per heavy atom. The van der Waals surface area contributed by atoms with E-state index in [4.69, 9.17) is 9.47 Å². The highest BCUT2D eigenvalue weighted by atomic mass is 16.6. The Morgan fingerprint density at radius 3 is 2.52 bits per heavy atom. The summed E-state index contributed by atoms with van der Waals surface area (Å²) in [5.41, 5.74) is -0.797. The molecule has 1 unspecified atom stereocenters. The first kappa shape index (κ1) is 18.4. The number of esters is 1. The summed E-state index contributed by atoms with van der Waals surface area (Å²) >= 11 is 0. The highest BCUT2D eigenvalue weighted by Gasteiger charge is 2.83. The topological polar surface area (TPSA) is 79.3 Å². The van der Waals surface area contributed by atoms with Crippen LogP contribution in [0.4, 0.5) is 0 Å². The number of carbonyl (C=O) groups is 1. The molecule has 0 aromatic rings. The van der Waals surface area contributed by atoms with Crippen LogP contribution in [0.1, 0.15) is 66.2 Å². The van der Waals surface area contributed by atoms with E-state index in [-0.39, 0.29) is 46.3 Å². The third-order valence-corrected chi connectivity index (χ3v) is 9.85. The molecule has 152 valence electrons. The van der Waals surface area contributed by atoms with Crippen molar-refractivity contribution in [2.75, 3.05) is 6.61 Å². The van der Waals surface area contributed by atoms with Gasteiger partial charge in [-0.05, 0) is 49.4 Å². The van der Waals surface area contributed by atoms with Crippen molar-refractivity contribution in [3.63, 3.8) is 0 Å². The van der Waals surface area contributed by atoms with E-state index in [9.17, 15) is 15.0 Å². The summed E-state index contributed by atoms with van der Waals surface area (Å²) in [6.45, 7) is 8.67. The number of aliphatic hydroxyl groups excluding tert-OH is 2. The van der Waals surface area contributed by atoms with Crippen LogP contribution in [0.2, 0.25) is 0 Å². The predicted molar refractivity (Wildman–Crippen MR) is 98.7 cm³/mol. The van der Waals surface area contributed by atoms with Crippen molar-refractivity contribution in [1.29, 1.82) is 0 Å². The zero-order chi connectivity index (χ0) is 19.4. The molecule has 1 heterocycles. The maximum atomic E-state index is 11.5. The van der Waals surface area contributed by atoms with Crippen LogP contribution >= 0.6 is 0 Å². The second-order valence-electron chi connectivity index (χ2n) is 11.1. The lowest BCUT2D eigenvalue weighted by molar-refractivity contribution is -0.267. The Bertz CT molecular complexity index is 680. The third kappa shape index (κ3) is 1.99. The fourth-order valence-corrected chi connectivity index (χ4v) is 8.61. The van der Waals surface area contributed by atoms with Gasteiger partial charge in [-0.1, -0.05) is 27.2 Å². The van der Waals surface area contributed by atoms with Gasteiger partial charge < -0.3 is 19.7 Å². The van der Waals surface area contributed by atoms with Crippen LogP contribution < -0.4 is 0 Å². The van der Waals surface area contributed by atoms with Gasteiger partial charge >= 0.3 is 5.97 Å². The van der Waals surface area contributed by atoms with Crippen LogP contribution in [0.25, 0.3) is 0 Å².